The number of rotatable bonds is 6. The molecule has 0 bridgehead atoms. The van der Waals surface area contributed by atoms with Crippen LogP contribution in [-0.4, -0.2) is 46.7 Å². The predicted molar refractivity (Wildman–Crippen MR) is 105 cm³/mol. The summed E-state index contributed by atoms with van der Waals surface area (Å²) in [5.41, 5.74) is 0.792. The fourth-order valence-electron chi connectivity index (χ4n) is 3.57. The van der Waals surface area contributed by atoms with Crippen molar-refractivity contribution in [1.82, 2.24) is 15.2 Å². The fourth-order valence-corrected chi connectivity index (χ4v) is 3.57. The first-order valence-corrected chi connectivity index (χ1v) is 9.29. The van der Waals surface area contributed by atoms with Crippen LogP contribution in [-0.2, 0) is 15.1 Å². The summed E-state index contributed by atoms with van der Waals surface area (Å²) in [5, 5.41) is 2.67. The van der Waals surface area contributed by atoms with E-state index >= 15 is 0 Å². The number of esters is 1. The maximum Gasteiger partial charge on any atom is 0.340 e. The van der Waals surface area contributed by atoms with Gasteiger partial charge in [-0.15, -0.1) is 0 Å². The number of nitrogens with one attached hydrogen (secondary N) is 2. The molecule has 8 nitrogen and oxygen atoms in total. The normalized spacial score (nSPS) is 18.7. The molecule has 0 aliphatic carbocycles. The minimum absolute atomic E-state index is 0.180. The zero-order valence-corrected chi connectivity index (χ0v) is 16.8. The first kappa shape index (κ1) is 20.3. The quantitative estimate of drug-likeness (QED) is 0.442. The van der Waals surface area contributed by atoms with Crippen molar-refractivity contribution >= 4 is 23.7 Å². The lowest BCUT2D eigenvalue weighted by molar-refractivity contribution is -0.130. The molecule has 3 amide bonds. The van der Waals surface area contributed by atoms with E-state index in [9.17, 15) is 19.2 Å². The second-order valence-electron chi connectivity index (χ2n) is 7.08. The highest BCUT2D eigenvalue weighted by molar-refractivity contribution is 6.11. The van der Waals surface area contributed by atoms with Gasteiger partial charge in [0.15, 0.2) is 5.78 Å². The molecule has 1 atom stereocenters. The number of benzene rings is 1. The number of aromatic nitrogens is 1. The van der Waals surface area contributed by atoms with Crippen LogP contribution < -0.4 is 5.32 Å². The molecule has 152 valence electrons. The molecule has 3 rings (SSSR count). The van der Waals surface area contributed by atoms with Gasteiger partial charge in [0.25, 0.3) is 5.91 Å². The summed E-state index contributed by atoms with van der Waals surface area (Å²) in [4.78, 5) is 54.2. The third kappa shape index (κ3) is 3.41. The number of urea groups is 1. The largest absolute Gasteiger partial charge is 0.462 e. The highest BCUT2D eigenvalue weighted by Gasteiger charge is 2.49. The average Bonchev–Trinajstić information content (AvgIpc) is 3.10. The Labute approximate surface area is 168 Å². The van der Waals surface area contributed by atoms with Crippen molar-refractivity contribution in [3.8, 4) is 0 Å². The lowest BCUT2D eigenvalue weighted by atomic mass is 9.92. The van der Waals surface area contributed by atoms with Crippen molar-refractivity contribution in [1.29, 1.82) is 0 Å². The number of carbonyl (C=O) groups excluding carboxylic acids is 4. The number of ketones is 1. The first-order chi connectivity index (χ1) is 13.7. The molecule has 0 radical (unpaired) electrons. The van der Waals surface area contributed by atoms with E-state index < -0.39 is 35.8 Å². The second-order valence-corrected chi connectivity index (χ2v) is 7.08. The van der Waals surface area contributed by atoms with Crippen LogP contribution in [0, 0.1) is 13.8 Å². The van der Waals surface area contributed by atoms with E-state index in [1.54, 1.807) is 52.0 Å². The van der Waals surface area contributed by atoms with Gasteiger partial charge in [0, 0.05) is 5.69 Å². The van der Waals surface area contributed by atoms with E-state index in [2.05, 4.69) is 10.3 Å². The molecule has 1 saturated heterocycles. The van der Waals surface area contributed by atoms with Crippen molar-refractivity contribution in [2.75, 3.05) is 13.2 Å². The number of hydrogen-bond acceptors (Lipinski definition) is 5. The van der Waals surface area contributed by atoms with Gasteiger partial charge in [0.2, 0.25) is 0 Å². The minimum atomic E-state index is -1.24. The number of amides is 3. The Morgan fingerprint density at radius 3 is 2.41 bits per heavy atom. The molecular formula is C21H23N3O5. The van der Waals surface area contributed by atoms with Gasteiger partial charge in [0.1, 0.15) is 5.54 Å². The van der Waals surface area contributed by atoms with Crippen LogP contribution in [0.4, 0.5) is 4.79 Å². The van der Waals surface area contributed by atoms with Gasteiger partial charge in [-0.05, 0) is 38.8 Å². The Balaban J connectivity index is 1.85. The molecule has 2 aromatic rings. The minimum Gasteiger partial charge on any atom is -0.462 e. The van der Waals surface area contributed by atoms with E-state index in [0.717, 1.165) is 4.90 Å². The van der Waals surface area contributed by atoms with Crippen molar-refractivity contribution in [3.05, 3.63) is 58.4 Å². The van der Waals surface area contributed by atoms with Crippen LogP contribution >= 0.6 is 0 Å². The zero-order valence-electron chi connectivity index (χ0n) is 16.8. The van der Waals surface area contributed by atoms with E-state index in [-0.39, 0.29) is 12.3 Å². The SMILES string of the molecule is CCOC(=O)c1c(C)[nH]c(C(=O)CN2C(=O)NC(C)(c3ccccc3)C2=O)c1C. The van der Waals surface area contributed by atoms with Gasteiger partial charge in [-0.2, -0.15) is 0 Å². The summed E-state index contributed by atoms with van der Waals surface area (Å²) >= 11 is 0. The summed E-state index contributed by atoms with van der Waals surface area (Å²) in [6, 6.07) is 8.21. The Morgan fingerprint density at radius 2 is 1.79 bits per heavy atom. The number of imide groups is 1. The van der Waals surface area contributed by atoms with E-state index in [1.807, 2.05) is 6.07 Å². The van der Waals surface area contributed by atoms with Crippen molar-refractivity contribution < 1.29 is 23.9 Å². The van der Waals surface area contributed by atoms with Gasteiger partial charge in [-0.3, -0.25) is 14.5 Å². The van der Waals surface area contributed by atoms with Gasteiger partial charge >= 0.3 is 12.0 Å². The van der Waals surface area contributed by atoms with Gasteiger partial charge in [-0.25, -0.2) is 9.59 Å². The highest BCUT2D eigenvalue weighted by Crippen LogP contribution is 2.29. The Kier molecular flexibility index (Phi) is 5.28. The van der Waals surface area contributed by atoms with Crippen LogP contribution in [0.25, 0.3) is 0 Å². The Hall–Kier alpha value is -3.42. The summed E-state index contributed by atoms with van der Waals surface area (Å²) in [6.45, 7) is 6.38. The molecule has 2 heterocycles. The average molecular weight is 397 g/mol. The number of aryl methyl sites for hydroxylation is 1. The molecule has 1 aromatic heterocycles. The predicted octanol–water partition coefficient (Wildman–Crippen LogP) is 2.46. The number of hydrogen-bond donors (Lipinski definition) is 2. The van der Waals surface area contributed by atoms with E-state index in [4.69, 9.17) is 4.74 Å². The van der Waals surface area contributed by atoms with Crippen LogP contribution in [0.3, 0.4) is 0 Å². The summed E-state index contributed by atoms with van der Waals surface area (Å²) < 4.78 is 5.03. The Morgan fingerprint density at radius 1 is 1.14 bits per heavy atom. The van der Waals surface area contributed by atoms with Gasteiger partial charge in [0.05, 0.1) is 24.4 Å². The van der Waals surface area contributed by atoms with E-state index in [1.165, 1.54) is 0 Å². The van der Waals surface area contributed by atoms with Crippen molar-refractivity contribution in [3.63, 3.8) is 0 Å². The molecule has 8 heteroatoms. The molecule has 0 spiro atoms. The standard InChI is InChI=1S/C21H23N3O5/c1-5-29-18(26)16-12(2)17(22-13(16)3)15(25)11-24-19(27)21(4,23-20(24)28)14-9-7-6-8-10-14/h6-10,22H,5,11H2,1-4H3,(H,23,28). The number of ether oxygens (including phenoxy) is 1. The lowest BCUT2D eigenvalue weighted by Crippen LogP contribution is -2.41. The maximum absolute atomic E-state index is 13.0. The highest BCUT2D eigenvalue weighted by atomic mass is 16.5. The van der Waals surface area contributed by atoms with Gasteiger partial charge in [-0.1, -0.05) is 30.3 Å². The smallest absolute Gasteiger partial charge is 0.340 e. The third-order valence-corrected chi connectivity index (χ3v) is 5.12. The summed E-state index contributed by atoms with van der Waals surface area (Å²) in [5.74, 6) is -1.50. The van der Waals surface area contributed by atoms with Crippen LogP contribution in [0.15, 0.2) is 30.3 Å². The van der Waals surface area contributed by atoms with Crippen LogP contribution in [0.5, 0.6) is 0 Å². The number of H-pyrrole nitrogens is 1. The molecule has 29 heavy (non-hydrogen) atoms. The van der Waals surface area contributed by atoms with E-state index in [0.29, 0.717) is 22.4 Å². The third-order valence-electron chi connectivity index (χ3n) is 5.12. The first-order valence-electron chi connectivity index (χ1n) is 9.29. The molecule has 1 fully saturated rings. The monoisotopic (exact) mass is 397 g/mol. The zero-order chi connectivity index (χ0) is 21.3. The molecule has 0 saturated carbocycles. The van der Waals surface area contributed by atoms with Crippen molar-refractivity contribution in [2.45, 2.75) is 33.2 Å². The maximum atomic E-state index is 13.0. The lowest BCUT2D eigenvalue weighted by Gasteiger charge is -2.22. The van der Waals surface area contributed by atoms with Crippen LogP contribution in [0.1, 0.15) is 51.5 Å². The number of nitrogens with zero attached hydrogens (tertiary/aromatic N) is 1. The molecule has 1 aliphatic heterocycles. The molecule has 1 unspecified atom stereocenters. The van der Waals surface area contributed by atoms with Crippen LogP contribution in [0.2, 0.25) is 0 Å². The molecular weight excluding hydrogens is 374 g/mol. The molecule has 1 aliphatic rings. The summed E-state index contributed by atoms with van der Waals surface area (Å²) in [6.07, 6.45) is 0. The number of Topliss-reactive ketones (excluding diaryl/α,β-unsaturated/α-hetero) is 1. The molecule has 2 N–H and O–H groups in total. The topological polar surface area (TPSA) is 109 Å². The second kappa shape index (κ2) is 7.54. The number of carbonyl (C=O) groups is 4. The number of aromatic amines is 1. The van der Waals surface area contributed by atoms with Crippen molar-refractivity contribution in [2.24, 2.45) is 0 Å². The summed E-state index contributed by atoms with van der Waals surface area (Å²) in [7, 11) is 0. The molecule has 1 aromatic carbocycles. The Bertz CT molecular complexity index is 995. The fraction of sp³-hybridized carbons (Fsp3) is 0.333. The van der Waals surface area contributed by atoms with Gasteiger partial charge < -0.3 is 15.0 Å².